The van der Waals surface area contributed by atoms with Gasteiger partial charge in [-0.2, -0.15) is 0 Å². The summed E-state index contributed by atoms with van der Waals surface area (Å²) >= 11 is 0. The molecular weight excluding hydrogens is 1230 g/mol. The van der Waals surface area contributed by atoms with Gasteiger partial charge < -0.3 is 89.9 Å². The molecule has 19 heteroatoms. The van der Waals surface area contributed by atoms with Crippen LogP contribution in [-0.4, -0.2) is 193 Å². The van der Waals surface area contributed by atoms with Gasteiger partial charge in [-0.1, -0.05) is 251 Å². The topological polar surface area (TPSA) is 307 Å². The summed E-state index contributed by atoms with van der Waals surface area (Å²) in [5.74, 6) is -0.257. The first-order chi connectivity index (χ1) is 46.8. The van der Waals surface area contributed by atoms with Crippen LogP contribution in [0.4, 0.5) is 0 Å². The van der Waals surface area contributed by atoms with E-state index in [9.17, 15) is 61.0 Å². The highest BCUT2D eigenvalue weighted by atomic mass is 16.8. The van der Waals surface area contributed by atoms with E-state index in [1.54, 1.807) is 0 Å². The standard InChI is InChI=1S/C77H129NO18/c1-3-5-7-9-11-13-15-17-18-19-20-21-22-23-24-25-26-27-28-29-30-31-32-33-34-35-36-37-38-39-40-41-42-43-45-47-49-51-53-55-65(83)78-60(61(82)54-52-50-48-46-44-16-14-12-10-8-6-4-2)59-91-75-71(89)68(86)73(63(57-80)93-75)96-77-72(90)69(87)74(64(58-81)94-77)95-76-70(88)67(85)66(84)62(56-79)92-76/h5,7,11,13,17-18,20-21,23-24,26-27,29-30,32-33,35-36,38-39,60-64,66-77,79-82,84-90H,3-4,6,8-10,12,14-16,19,22,25,28,31,34,37,40-59H2,1-2H3,(H,78,83)/b7-5-,13-11-,18-17-,21-20-,24-23-,27-26-,30-29-,33-32-,36-35-,39-38-. The molecule has 3 fully saturated rings. The van der Waals surface area contributed by atoms with Crippen molar-refractivity contribution in [2.24, 2.45) is 0 Å². The lowest BCUT2D eigenvalue weighted by Gasteiger charge is -2.48. The van der Waals surface area contributed by atoms with Crippen LogP contribution < -0.4 is 5.32 Å². The predicted octanol–water partition coefficient (Wildman–Crippen LogP) is 10.8. The number of carbonyl (C=O) groups is 1. The third kappa shape index (κ3) is 37.6. The van der Waals surface area contributed by atoms with E-state index < -0.39 is 124 Å². The van der Waals surface area contributed by atoms with Crippen LogP contribution in [0.5, 0.6) is 0 Å². The highest BCUT2D eigenvalue weighted by Gasteiger charge is 2.53. The fourth-order valence-electron chi connectivity index (χ4n) is 11.6. The Kier molecular flexibility index (Phi) is 51.2. The van der Waals surface area contributed by atoms with Crippen molar-refractivity contribution in [2.45, 2.75) is 330 Å². The second kappa shape index (κ2) is 56.9. The second-order valence-corrected chi connectivity index (χ2v) is 25.7. The highest BCUT2D eigenvalue weighted by molar-refractivity contribution is 5.76. The lowest BCUT2D eigenvalue weighted by molar-refractivity contribution is -0.379. The van der Waals surface area contributed by atoms with Gasteiger partial charge in [0.25, 0.3) is 0 Å². The van der Waals surface area contributed by atoms with Crippen LogP contribution in [0.2, 0.25) is 0 Å². The molecule has 0 bridgehead atoms. The van der Waals surface area contributed by atoms with E-state index in [2.05, 4.69) is 141 Å². The van der Waals surface area contributed by atoms with Crippen LogP contribution in [0.25, 0.3) is 0 Å². The number of amides is 1. The van der Waals surface area contributed by atoms with E-state index in [0.717, 1.165) is 128 Å². The number of hydrogen-bond acceptors (Lipinski definition) is 18. The highest BCUT2D eigenvalue weighted by Crippen LogP contribution is 2.33. The SMILES string of the molecule is CC/C=C\C/C=C\C/C=C\C/C=C\C/C=C\C/C=C\C/C=C\C/C=C\C/C=C\C/C=C\CCCCCCCCCCC(=O)NC(COC1OC(CO)C(OC2OC(CO)C(OC3OC(CO)C(O)C(O)C3O)C(O)C2O)C(O)C1O)C(O)CCCCCCCCCCCCCC. The van der Waals surface area contributed by atoms with Gasteiger partial charge in [0.2, 0.25) is 5.91 Å². The number of allylic oxidation sites excluding steroid dienone is 20. The van der Waals surface area contributed by atoms with E-state index in [4.69, 9.17) is 28.4 Å². The molecule has 3 aliphatic heterocycles. The van der Waals surface area contributed by atoms with Gasteiger partial charge in [0.15, 0.2) is 18.9 Å². The molecule has 0 saturated carbocycles. The molecule has 19 nitrogen and oxygen atoms in total. The maximum Gasteiger partial charge on any atom is 0.220 e. The number of unbranched alkanes of at least 4 members (excludes halogenated alkanes) is 19. The predicted molar refractivity (Wildman–Crippen MR) is 378 cm³/mol. The van der Waals surface area contributed by atoms with Crippen molar-refractivity contribution in [1.82, 2.24) is 5.32 Å². The summed E-state index contributed by atoms with van der Waals surface area (Å²) in [4.78, 5) is 13.4. The molecule has 1 amide bonds. The quantitative estimate of drug-likeness (QED) is 0.0199. The summed E-state index contributed by atoms with van der Waals surface area (Å²) in [6, 6.07) is -0.899. The van der Waals surface area contributed by atoms with Gasteiger partial charge in [0, 0.05) is 6.42 Å². The van der Waals surface area contributed by atoms with Gasteiger partial charge in [-0.3, -0.25) is 4.79 Å². The molecule has 12 N–H and O–H groups in total. The molecule has 0 aromatic rings. The Morgan fingerprint density at radius 3 is 1.12 bits per heavy atom. The molecule has 0 aromatic carbocycles. The van der Waals surface area contributed by atoms with Crippen molar-refractivity contribution in [3.63, 3.8) is 0 Å². The molecule has 0 aromatic heterocycles. The molecule has 3 saturated heterocycles. The van der Waals surface area contributed by atoms with Gasteiger partial charge in [-0.25, -0.2) is 0 Å². The molecule has 550 valence electrons. The lowest BCUT2D eigenvalue weighted by atomic mass is 9.96. The van der Waals surface area contributed by atoms with Crippen molar-refractivity contribution in [1.29, 1.82) is 0 Å². The zero-order valence-corrected chi connectivity index (χ0v) is 58.3. The maximum absolute atomic E-state index is 13.4. The van der Waals surface area contributed by atoms with Gasteiger partial charge in [0.1, 0.15) is 73.2 Å². The van der Waals surface area contributed by atoms with Gasteiger partial charge in [-0.05, 0) is 89.9 Å². The van der Waals surface area contributed by atoms with Crippen molar-refractivity contribution in [3.05, 3.63) is 122 Å². The van der Waals surface area contributed by atoms with Crippen LogP contribution in [-0.2, 0) is 33.2 Å². The van der Waals surface area contributed by atoms with Gasteiger partial charge in [0.05, 0.1) is 38.6 Å². The molecular formula is C77H129NO18. The van der Waals surface area contributed by atoms with Crippen LogP contribution in [0, 0.1) is 0 Å². The summed E-state index contributed by atoms with van der Waals surface area (Å²) in [7, 11) is 0. The number of hydrogen-bond donors (Lipinski definition) is 12. The lowest BCUT2D eigenvalue weighted by Crippen LogP contribution is -2.66. The monoisotopic (exact) mass is 1360 g/mol. The minimum Gasteiger partial charge on any atom is -0.394 e. The first-order valence-electron chi connectivity index (χ1n) is 36.8. The minimum absolute atomic E-state index is 0.249. The Bertz CT molecular complexity index is 2210. The Morgan fingerprint density at radius 2 is 0.719 bits per heavy atom. The Morgan fingerprint density at radius 1 is 0.385 bits per heavy atom. The number of rotatable bonds is 55. The molecule has 17 unspecified atom stereocenters. The number of ether oxygens (including phenoxy) is 6. The van der Waals surface area contributed by atoms with Crippen LogP contribution in [0.1, 0.15) is 226 Å². The molecule has 0 aliphatic carbocycles. The van der Waals surface area contributed by atoms with Crippen LogP contribution in [0.15, 0.2) is 122 Å². The Hall–Kier alpha value is -3.81. The average molecular weight is 1360 g/mol. The summed E-state index contributed by atoms with van der Waals surface area (Å²) in [6.07, 6.45) is 51.5. The number of aliphatic hydroxyl groups excluding tert-OH is 11. The fraction of sp³-hybridized carbons (Fsp3) is 0.727. The second-order valence-electron chi connectivity index (χ2n) is 25.7. The van der Waals surface area contributed by atoms with Crippen molar-refractivity contribution >= 4 is 5.91 Å². The van der Waals surface area contributed by atoms with Gasteiger partial charge in [-0.15, -0.1) is 0 Å². The smallest absolute Gasteiger partial charge is 0.220 e. The summed E-state index contributed by atoms with van der Waals surface area (Å²) in [6.45, 7) is 1.65. The molecule has 96 heavy (non-hydrogen) atoms. The van der Waals surface area contributed by atoms with E-state index in [1.165, 1.54) is 64.2 Å². The Balaban J connectivity index is 1.33. The fourth-order valence-corrected chi connectivity index (χ4v) is 11.6. The summed E-state index contributed by atoms with van der Waals surface area (Å²) in [5.41, 5.74) is 0. The van der Waals surface area contributed by atoms with Crippen LogP contribution in [0.3, 0.4) is 0 Å². The van der Waals surface area contributed by atoms with E-state index >= 15 is 0 Å². The molecule has 3 aliphatic rings. The first-order valence-corrected chi connectivity index (χ1v) is 36.8. The average Bonchev–Trinajstić information content (AvgIpc) is 0.787. The Labute approximate surface area is 576 Å². The van der Waals surface area contributed by atoms with E-state index in [0.29, 0.717) is 12.8 Å². The number of aliphatic hydroxyl groups is 11. The first kappa shape index (κ1) is 86.4. The number of carbonyl (C=O) groups excluding carboxylic acids is 1. The third-order valence-electron chi connectivity index (χ3n) is 17.6. The third-order valence-corrected chi connectivity index (χ3v) is 17.6. The normalized spacial score (nSPS) is 27.8. The van der Waals surface area contributed by atoms with Crippen molar-refractivity contribution < 1.29 is 89.4 Å². The van der Waals surface area contributed by atoms with Crippen LogP contribution >= 0.6 is 0 Å². The molecule has 17 atom stereocenters. The zero-order chi connectivity index (χ0) is 69.6. The molecule has 0 radical (unpaired) electrons. The van der Waals surface area contributed by atoms with E-state index in [-0.39, 0.29) is 18.9 Å². The molecule has 0 spiro atoms. The summed E-state index contributed by atoms with van der Waals surface area (Å²) in [5, 5.41) is 121. The van der Waals surface area contributed by atoms with E-state index in [1.807, 2.05) is 0 Å². The number of nitrogens with one attached hydrogen (secondary N) is 1. The maximum atomic E-state index is 13.4. The molecule has 3 rings (SSSR count). The van der Waals surface area contributed by atoms with Crippen molar-refractivity contribution in [3.8, 4) is 0 Å². The van der Waals surface area contributed by atoms with Crippen molar-refractivity contribution in [2.75, 3.05) is 26.4 Å². The van der Waals surface area contributed by atoms with Gasteiger partial charge >= 0.3 is 0 Å². The minimum atomic E-state index is -1.98. The summed E-state index contributed by atoms with van der Waals surface area (Å²) < 4.78 is 34.4. The molecule has 3 heterocycles. The largest absolute Gasteiger partial charge is 0.394 e. The zero-order valence-electron chi connectivity index (χ0n) is 58.3.